The lowest BCUT2D eigenvalue weighted by atomic mass is 10.7. The highest BCUT2D eigenvalue weighted by Gasteiger charge is 2.24. The molecule has 0 saturated carbocycles. The van der Waals surface area contributed by atoms with Crippen molar-refractivity contribution in [2.24, 2.45) is 0 Å². The molecule has 1 aliphatic heterocycles. The molecular weight excluding hydrogens is 251 g/mol. The van der Waals surface area contributed by atoms with Gasteiger partial charge in [-0.1, -0.05) is 0 Å². The van der Waals surface area contributed by atoms with Crippen molar-refractivity contribution in [3.63, 3.8) is 0 Å². The molecule has 8 heteroatoms. The number of ether oxygens (including phenoxy) is 3. The van der Waals surface area contributed by atoms with Gasteiger partial charge < -0.3 is 14.2 Å². The lowest BCUT2D eigenvalue weighted by Gasteiger charge is -2.16. The van der Waals surface area contributed by atoms with E-state index in [9.17, 15) is 4.57 Å². The first kappa shape index (κ1) is 15.0. The predicted octanol–water partition coefficient (Wildman–Crippen LogP) is 0.837. The molecule has 1 fully saturated rings. The second-order valence-electron chi connectivity index (χ2n) is 3.13. The van der Waals surface area contributed by atoms with E-state index in [4.69, 9.17) is 27.8 Å². The maximum atomic E-state index is 11.8. The quantitative estimate of drug-likeness (QED) is 0.653. The van der Waals surface area contributed by atoms with E-state index < -0.39 is 7.82 Å². The van der Waals surface area contributed by atoms with Gasteiger partial charge in [-0.2, -0.15) is 0 Å². The molecule has 0 aliphatic carbocycles. The second-order valence-corrected chi connectivity index (χ2v) is 4.91. The fourth-order valence-electron chi connectivity index (χ4n) is 1.10. The summed E-state index contributed by atoms with van der Waals surface area (Å²) in [6.45, 7) is 2.84. The molecule has 17 heavy (non-hydrogen) atoms. The van der Waals surface area contributed by atoms with E-state index in [1.54, 1.807) is 0 Å². The zero-order chi connectivity index (χ0) is 12.4. The fourth-order valence-corrected chi connectivity index (χ4v) is 1.98. The first-order valence-electron chi connectivity index (χ1n) is 5.45. The van der Waals surface area contributed by atoms with Gasteiger partial charge in [0.2, 0.25) is 0 Å². The zero-order valence-corrected chi connectivity index (χ0v) is 10.9. The van der Waals surface area contributed by atoms with Crippen molar-refractivity contribution in [3.05, 3.63) is 0 Å². The molecule has 0 aromatic rings. The van der Waals surface area contributed by atoms with Crippen molar-refractivity contribution in [1.82, 2.24) is 0 Å². The summed E-state index contributed by atoms with van der Waals surface area (Å²) in [7, 11) is -2.19. The molecule has 1 aliphatic rings. The summed E-state index contributed by atoms with van der Waals surface area (Å²) in [6.07, 6.45) is 0. The molecule has 1 saturated heterocycles. The molecule has 7 nitrogen and oxygen atoms in total. The van der Waals surface area contributed by atoms with Crippen molar-refractivity contribution in [3.8, 4) is 0 Å². The Balaban J connectivity index is 2.32. The number of hydrogen-bond donors (Lipinski definition) is 0. The Morgan fingerprint density at radius 1 is 0.765 bits per heavy atom. The van der Waals surface area contributed by atoms with E-state index in [2.05, 4.69) is 0 Å². The Morgan fingerprint density at radius 3 is 1.47 bits per heavy atom. The summed E-state index contributed by atoms with van der Waals surface area (Å²) in [6, 6.07) is 0. The molecule has 0 radical (unpaired) electrons. The molecule has 0 bridgehead atoms. The minimum absolute atomic E-state index is 0.145. The van der Waals surface area contributed by atoms with E-state index >= 15 is 0 Å². The minimum Gasteiger partial charge on any atom is -0.377 e. The van der Waals surface area contributed by atoms with Crippen LogP contribution in [-0.4, -0.2) is 60.0 Å². The van der Waals surface area contributed by atoms with Crippen molar-refractivity contribution in [2.75, 3.05) is 60.0 Å². The standard InChI is InChI=1S/C9H19O7P/c1-11-17(10)15-8-6-13-4-2-12-3-5-14-7-9-16-17/h2-9H2,1H3. The minimum atomic E-state index is -3.46. The first-order valence-corrected chi connectivity index (χ1v) is 6.91. The third-order valence-corrected chi connectivity index (χ3v) is 3.37. The summed E-state index contributed by atoms with van der Waals surface area (Å²) in [5.74, 6) is 0. The van der Waals surface area contributed by atoms with Gasteiger partial charge in [0.15, 0.2) is 0 Å². The Kier molecular flexibility index (Phi) is 7.96. The Hall–Kier alpha value is -0.0100. The molecule has 0 aromatic heterocycles. The maximum absolute atomic E-state index is 11.8. The van der Waals surface area contributed by atoms with Crippen LogP contribution >= 0.6 is 7.82 Å². The van der Waals surface area contributed by atoms with Gasteiger partial charge in [-0.3, -0.25) is 13.6 Å². The molecule has 1 heterocycles. The number of phosphoric ester groups is 1. The third-order valence-electron chi connectivity index (χ3n) is 1.92. The molecule has 1 rings (SSSR count). The van der Waals surface area contributed by atoms with Crippen LogP contribution in [0, 0.1) is 0 Å². The van der Waals surface area contributed by atoms with Gasteiger partial charge in [0, 0.05) is 7.11 Å². The Bertz CT molecular complexity index is 217. The summed E-state index contributed by atoms with van der Waals surface area (Å²) in [4.78, 5) is 0. The first-order chi connectivity index (χ1) is 8.27. The molecule has 102 valence electrons. The number of phosphoric acid groups is 1. The van der Waals surface area contributed by atoms with Gasteiger partial charge in [0.1, 0.15) is 0 Å². The highest BCUT2D eigenvalue weighted by molar-refractivity contribution is 7.48. The van der Waals surface area contributed by atoms with Gasteiger partial charge >= 0.3 is 7.82 Å². The van der Waals surface area contributed by atoms with E-state index in [-0.39, 0.29) is 13.2 Å². The van der Waals surface area contributed by atoms with Crippen molar-refractivity contribution < 1.29 is 32.3 Å². The normalized spacial score (nSPS) is 25.0. The van der Waals surface area contributed by atoms with E-state index in [1.165, 1.54) is 7.11 Å². The van der Waals surface area contributed by atoms with Crippen LogP contribution in [0.5, 0.6) is 0 Å². The number of rotatable bonds is 1. The number of hydrogen-bond acceptors (Lipinski definition) is 7. The second kappa shape index (κ2) is 8.99. The van der Waals surface area contributed by atoms with Gasteiger partial charge in [-0.25, -0.2) is 4.57 Å². The molecular formula is C9H19O7P. The molecule has 0 unspecified atom stereocenters. The van der Waals surface area contributed by atoms with Crippen molar-refractivity contribution >= 4 is 7.82 Å². The zero-order valence-electron chi connectivity index (χ0n) is 9.96. The summed E-state index contributed by atoms with van der Waals surface area (Å²) < 4.78 is 42.1. The molecule has 0 aromatic carbocycles. The third kappa shape index (κ3) is 7.10. The largest absolute Gasteiger partial charge is 0.474 e. The summed E-state index contributed by atoms with van der Waals surface area (Å²) >= 11 is 0. The fraction of sp³-hybridized carbons (Fsp3) is 1.00. The highest BCUT2D eigenvalue weighted by Crippen LogP contribution is 2.48. The lowest BCUT2D eigenvalue weighted by molar-refractivity contribution is -0.00821. The van der Waals surface area contributed by atoms with Crippen LogP contribution < -0.4 is 0 Å². The van der Waals surface area contributed by atoms with Crippen LogP contribution in [0.3, 0.4) is 0 Å². The topological polar surface area (TPSA) is 72.5 Å². The van der Waals surface area contributed by atoms with Crippen LogP contribution in [0.1, 0.15) is 0 Å². The Labute approximate surface area is 101 Å². The van der Waals surface area contributed by atoms with Crippen molar-refractivity contribution in [1.29, 1.82) is 0 Å². The van der Waals surface area contributed by atoms with Gasteiger partial charge in [-0.05, 0) is 0 Å². The monoisotopic (exact) mass is 270 g/mol. The average molecular weight is 270 g/mol. The Morgan fingerprint density at radius 2 is 1.12 bits per heavy atom. The van der Waals surface area contributed by atoms with Crippen LogP contribution in [0.25, 0.3) is 0 Å². The van der Waals surface area contributed by atoms with E-state index in [0.717, 1.165) is 0 Å². The van der Waals surface area contributed by atoms with Gasteiger partial charge in [-0.15, -0.1) is 0 Å². The SMILES string of the molecule is COP1(=O)OCCOCCOCCOCCO1. The molecule has 0 atom stereocenters. The lowest BCUT2D eigenvalue weighted by Crippen LogP contribution is -2.15. The van der Waals surface area contributed by atoms with Crippen LogP contribution in [0.15, 0.2) is 0 Å². The average Bonchev–Trinajstić information content (AvgIpc) is 2.34. The molecule has 0 spiro atoms. The van der Waals surface area contributed by atoms with Crippen LogP contribution in [-0.2, 0) is 32.3 Å². The maximum Gasteiger partial charge on any atom is 0.474 e. The molecule has 0 amide bonds. The summed E-state index contributed by atoms with van der Waals surface area (Å²) in [5, 5.41) is 0. The molecule has 0 N–H and O–H groups in total. The van der Waals surface area contributed by atoms with E-state index in [1.807, 2.05) is 0 Å². The van der Waals surface area contributed by atoms with Gasteiger partial charge in [0.25, 0.3) is 0 Å². The smallest absolute Gasteiger partial charge is 0.377 e. The predicted molar refractivity (Wildman–Crippen MR) is 59.0 cm³/mol. The van der Waals surface area contributed by atoms with E-state index in [0.29, 0.717) is 39.6 Å². The van der Waals surface area contributed by atoms with Crippen LogP contribution in [0.2, 0.25) is 0 Å². The van der Waals surface area contributed by atoms with Crippen molar-refractivity contribution in [2.45, 2.75) is 0 Å². The summed E-state index contributed by atoms with van der Waals surface area (Å²) in [5.41, 5.74) is 0. The van der Waals surface area contributed by atoms with Gasteiger partial charge in [0.05, 0.1) is 52.9 Å². The van der Waals surface area contributed by atoms with Crippen LogP contribution in [0.4, 0.5) is 0 Å². The highest BCUT2D eigenvalue weighted by atomic mass is 31.2.